The van der Waals surface area contributed by atoms with Gasteiger partial charge in [0.2, 0.25) is 0 Å². The molecule has 1 fully saturated rings. The smallest absolute Gasteiger partial charge is 0.131 e. The molecule has 1 heterocycles. The summed E-state index contributed by atoms with van der Waals surface area (Å²) in [5.41, 5.74) is 0.418. The molecule has 0 aliphatic carbocycles. The molecule has 1 N–H and O–H groups in total. The second kappa shape index (κ2) is 6.81. The fraction of sp³-hybridized carbons (Fsp3) is 0.571. The van der Waals surface area contributed by atoms with E-state index < -0.39 is 11.6 Å². The first-order valence-electron chi connectivity index (χ1n) is 6.48. The zero-order chi connectivity index (χ0) is 12.8. The van der Waals surface area contributed by atoms with Gasteiger partial charge in [0, 0.05) is 18.2 Å². The molecule has 0 saturated carbocycles. The zero-order valence-corrected chi connectivity index (χ0v) is 10.4. The Kier molecular flexibility index (Phi) is 5.08. The molecule has 1 aliphatic heterocycles. The highest BCUT2D eigenvalue weighted by molar-refractivity contribution is 5.17. The molecule has 18 heavy (non-hydrogen) atoms. The predicted octanol–water partition coefficient (Wildman–Crippen LogP) is 2.87. The van der Waals surface area contributed by atoms with Crippen LogP contribution < -0.4 is 5.32 Å². The van der Waals surface area contributed by atoms with Gasteiger partial charge in [-0.05, 0) is 44.3 Å². The van der Waals surface area contributed by atoms with Gasteiger partial charge in [-0.3, -0.25) is 0 Å². The second-order valence-electron chi connectivity index (χ2n) is 4.77. The summed E-state index contributed by atoms with van der Waals surface area (Å²) in [7, 11) is 0. The van der Waals surface area contributed by atoms with E-state index in [0.717, 1.165) is 25.6 Å². The first-order chi connectivity index (χ1) is 8.75. The minimum Gasteiger partial charge on any atom is -0.377 e. The number of ether oxygens (including phenoxy) is 1. The molecule has 4 heteroatoms. The van der Waals surface area contributed by atoms with Crippen LogP contribution in [0.1, 0.15) is 24.8 Å². The third kappa shape index (κ3) is 4.03. The van der Waals surface area contributed by atoms with E-state index >= 15 is 0 Å². The molecule has 0 bridgehead atoms. The lowest BCUT2D eigenvalue weighted by molar-refractivity contribution is 0.101. The van der Waals surface area contributed by atoms with Crippen molar-refractivity contribution in [3.8, 4) is 0 Å². The van der Waals surface area contributed by atoms with E-state index in [0.29, 0.717) is 18.1 Å². The van der Waals surface area contributed by atoms with Crippen LogP contribution >= 0.6 is 0 Å². The standard InChI is InChI=1S/C14H19F2NO/c15-13-2-1-12(14(16)9-13)10-18-8-5-11-3-6-17-7-4-11/h1-2,9,11,17H,3-8,10H2. The molecule has 2 nitrogen and oxygen atoms in total. The molecule has 2 rings (SSSR count). The van der Waals surface area contributed by atoms with Crippen LogP contribution in [-0.4, -0.2) is 19.7 Å². The molecule has 1 saturated heterocycles. The molecule has 0 unspecified atom stereocenters. The minimum atomic E-state index is -0.550. The molecule has 0 atom stereocenters. The summed E-state index contributed by atoms with van der Waals surface area (Å²) in [4.78, 5) is 0. The van der Waals surface area contributed by atoms with Crippen molar-refractivity contribution in [2.24, 2.45) is 5.92 Å². The van der Waals surface area contributed by atoms with Crippen molar-refractivity contribution in [1.82, 2.24) is 5.32 Å². The average Bonchev–Trinajstić information content (AvgIpc) is 2.38. The largest absolute Gasteiger partial charge is 0.377 e. The van der Waals surface area contributed by atoms with Crippen molar-refractivity contribution >= 4 is 0 Å². The van der Waals surface area contributed by atoms with Gasteiger partial charge in [-0.1, -0.05) is 6.07 Å². The molecule has 1 aromatic rings. The monoisotopic (exact) mass is 255 g/mol. The maximum Gasteiger partial charge on any atom is 0.131 e. The number of halogens is 2. The van der Waals surface area contributed by atoms with Gasteiger partial charge in [-0.25, -0.2) is 8.78 Å². The Hall–Kier alpha value is -1.00. The van der Waals surface area contributed by atoms with E-state index in [1.165, 1.54) is 25.0 Å². The summed E-state index contributed by atoms with van der Waals surface area (Å²) in [6, 6.07) is 3.59. The number of benzene rings is 1. The maximum absolute atomic E-state index is 13.3. The molecule has 100 valence electrons. The van der Waals surface area contributed by atoms with Crippen LogP contribution in [0, 0.1) is 17.6 Å². The van der Waals surface area contributed by atoms with Crippen molar-refractivity contribution in [2.45, 2.75) is 25.9 Å². The molecular weight excluding hydrogens is 236 g/mol. The highest BCUT2D eigenvalue weighted by Crippen LogP contribution is 2.16. The van der Waals surface area contributed by atoms with Crippen molar-refractivity contribution in [2.75, 3.05) is 19.7 Å². The van der Waals surface area contributed by atoms with E-state index in [1.54, 1.807) is 0 Å². The Morgan fingerprint density at radius 1 is 1.22 bits per heavy atom. The van der Waals surface area contributed by atoms with Gasteiger partial charge < -0.3 is 10.1 Å². The number of rotatable bonds is 5. The van der Waals surface area contributed by atoms with Gasteiger partial charge in [0.1, 0.15) is 11.6 Å². The Morgan fingerprint density at radius 3 is 2.72 bits per heavy atom. The van der Waals surface area contributed by atoms with E-state index in [-0.39, 0.29) is 6.61 Å². The number of hydrogen-bond acceptors (Lipinski definition) is 2. The predicted molar refractivity (Wildman–Crippen MR) is 66.2 cm³/mol. The number of hydrogen-bond donors (Lipinski definition) is 1. The van der Waals surface area contributed by atoms with Gasteiger partial charge in [0.15, 0.2) is 0 Å². The Labute approximate surface area is 106 Å². The third-order valence-corrected chi connectivity index (χ3v) is 3.40. The topological polar surface area (TPSA) is 21.3 Å². The van der Waals surface area contributed by atoms with E-state index in [4.69, 9.17) is 4.74 Å². The summed E-state index contributed by atoms with van der Waals surface area (Å²) in [6.45, 7) is 3.02. The average molecular weight is 255 g/mol. The van der Waals surface area contributed by atoms with Gasteiger partial charge in [0.25, 0.3) is 0 Å². The summed E-state index contributed by atoms with van der Waals surface area (Å²) in [5, 5.41) is 3.32. The number of nitrogens with one attached hydrogen (secondary N) is 1. The summed E-state index contributed by atoms with van der Waals surface area (Å²) >= 11 is 0. The third-order valence-electron chi connectivity index (χ3n) is 3.40. The van der Waals surface area contributed by atoms with Crippen LogP contribution in [-0.2, 0) is 11.3 Å². The first kappa shape index (κ1) is 13.4. The van der Waals surface area contributed by atoms with Gasteiger partial charge in [-0.15, -0.1) is 0 Å². The van der Waals surface area contributed by atoms with Gasteiger partial charge >= 0.3 is 0 Å². The minimum absolute atomic E-state index is 0.219. The summed E-state index contributed by atoms with van der Waals surface area (Å²) in [6.07, 6.45) is 3.40. The van der Waals surface area contributed by atoms with Crippen molar-refractivity contribution in [1.29, 1.82) is 0 Å². The van der Waals surface area contributed by atoms with E-state index in [2.05, 4.69) is 5.32 Å². The summed E-state index contributed by atoms with van der Waals surface area (Å²) < 4.78 is 31.5. The molecule has 0 aromatic heterocycles. The van der Waals surface area contributed by atoms with Crippen molar-refractivity contribution < 1.29 is 13.5 Å². The molecular formula is C14H19F2NO. The lowest BCUT2D eigenvalue weighted by Crippen LogP contribution is -2.28. The normalized spacial score (nSPS) is 17.0. The van der Waals surface area contributed by atoms with Crippen LogP contribution in [0.2, 0.25) is 0 Å². The van der Waals surface area contributed by atoms with Crippen LogP contribution in [0.15, 0.2) is 18.2 Å². The zero-order valence-electron chi connectivity index (χ0n) is 10.4. The molecule has 1 aliphatic rings. The van der Waals surface area contributed by atoms with Crippen LogP contribution in [0.4, 0.5) is 8.78 Å². The molecule has 1 aromatic carbocycles. The Balaban J connectivity index is 1.68. The van der Waals surface area contributed by atoms with Crippen LogP contribution in [0.3, 0.4) is 0 Å². The highest BCUT2D eigenvalue weighted by atomic mass is 19.1. The van der Waals surface area contributed by atoms with Crippen LogP contribution in [0.5, 0.6) is 0 Å². The highest BCUT2D eigenvalue weighted by Gasteiger charge is 2.12. The molecule has 0 radical (unpaired) electrons. The Bertz CT molecular complexity index is 378. The lowest BCUT2D eigenvalue weighted by Gasteiger charge is -2.22. The SMILES string of the molecule is Fc1ccc(COCCC2CCNCC2)c(F)c1. The van der Waals surface area contributed by atoms with Crippen LogP contribution in [0.25, 0.3) is 0 Å². The number of piperidine rings is 1. The summed E-state index contributed by atoms with van der Waals surface area (Å²) in [5.74, 6) is -0.368. The fourth-order valence-corrected chi connectivity index (χ4v) is 2.24. The van der Waals surface area contributed by atoms with Crippen molar-refractivity contribution in [3.63, 3.8) is 0 Å². The van der Waals surface area contributed by atoms with E-state index in [1.807, 2.05) is 0 Å². The van der Waals surface area contributed by atoms with Gasteiger partial charge in [-0.2, -0.15) is 0 Å². The van der Waals surface area contributed by atoms with Crippen molar-refractivity contribution in [3.05, 3.63) is 35.4 Å². The van der Waals surface area contributed by atoms with E-state index in [9.17, 15) is 8.78 Å². The molecule has 0 spiro atoms. The Morgan fingerprint density at radius 2 is 2.00 bits per heavy atom. The van der Waals surface area contributed by atoms with Gasteiger partial charge in [0.05, 0.1) is 6.61 Å². The fourth-order valence-electron chi connectivity index (χ4n) is 2.24. The maximum atomic E-state index is 13.3. The second-order valence-corrected chi connectivity index (χ2v) is 4.77. The lowest BCUT2D eigenvalue weighted by atomic mass is 9.95. The first-order valence-corrected chi connectivity index (χ1v) is 6.48. The quantitative estimate of drug-likeness (QED) is 0.817. The molecule has 0 amide bonds.